The Morgan fingerprint density at radius 3 is 2.53 bits per heavy atom. The fraction of sp³-hybridized carbons (Fsp3) is 0.417. The SMILES string of the molecule is COc1cc2c(cc1OC)[C@H](C#N)CC2. The van der Waals surface area contributed by atoms with Crippen molar-refractivity contribution < 1.29 is 9.47 Å². The highest BCUT2D eigenvalue weighted by atomic mass is 16.5. The largest absolute Gasteiger partial charge is 0.493 e. The van der Waals surface area contributed by atoms with Crippen molar-refractivity contribution in [1.29, 1.82) is 5.26 Å². The lowest BCUT2D eigenvalue weighted by molar-refractivity contribution is 0.354. The van der Waals surface area contributed by atoms with Gasteiger partial charge in [0.1, 0.15) is 0 Å². The van der Waals surface area contributed by atoms with Gasteiger partial charge in [0.05, 0.1) is 26.2 Å². The molecule has 1 aliphatic rings. The van der Waals surface area contributed by atoms with Crippen molar-refractivity contribution in [2.24, 2.45) is 0 Å². The third-order valence-electron chi connectivity index (χ3n) is 2.88. The Morgan fingerprint density at radius 1 is 1.27 bits per heavy atom. The van der Waals surface area contributed by atoms with Crippen LogP contribution >= 0.6 is 0 Å². The number of hydrogen-bond donors (Lipinski definition) is 0. The number of nitrogens with zero attached hydrogens (tertiary/aromatic N) is 1. The summed E-state index contributed by atoms with van der Waals surface area (Å²) in [6.07, 6.45) is 1.86. The number of benzene rings is 1. The van der Waals surface area contributed by atoms with E-state index < -0.39 is 0 Å². The van der Waals surface area contributed by atoms with Gasteiger partial charge in [-0.2, -0.15) is 5.26 Å². The molecule has 0 aromatic heterocycles. The lowest BCUT2D eigenvalue weighted by atomic mass is 10.0. The van der Waals surface area contributed by atoms with Gasteiger partial charge in [0.2, 0.25) is 0 Å². The van der Waals surface area contributed by atoms with Crippen LogP contribution in [0.5, 0.6) is 11.5 Å². The topological polar surface area (TPSA) is 42.2 Å². The molecule has 1 atom stereocenters. The summed E-state index contributed by atoms with van der Waals surface area (Å²) < 4.78 is 10.4. The van der Waals surface area contributed by atoms with Crippen LogP contribution in [0.4, 0.5) is 0 Å². The summed E-state index contributed by atoms with van der Waals surface area (Å²) in [6, 6.07) is 6.22. The van der Waals surface area contributed by atoms with Crippen molar-refractivity contribution in [1.82, 2.24) is 0 Å². The fourth-order valence-corrected chi connectivity index (χ4v) is 2.07. The van der Waals surface area contributed by atoms with Crippen molar-refractivity contribution in [3.8, 4) is 17.6 Å². The van der Waals surface area contributed by atoms with E-state index >= 15 is 0 Å². The Morgan fingerprint density at radius 2 is 1.93 bits per heavy atom. The summed E-state index contributed by atoms with van der Waals surface area (Å²) in [7, 11) is 3.24. The first kappa shape index (κ1) is 9.85. The first-order chi connectivity index (χ1) is 7.30. The molecule has 0 heterocycles. The maximum absolute atomic E-state index is 8.98. The van der Waals surface area contributed by atoms with Crippen LogP contribution in [0.3, 0.4) is 0 Å². The maximum atomic E-state index is 8.98. The summed E-state index contributed by atoms with van der Waals surface area (Å²) in [5.74, 6) is 1.47. The zero-order chi connectivity index (χ0) is 10.8. The van der Waals surface area contributed by atoms with Gasteiger partial charge in [0.15, 0.2) is 11.5 Å². The first-order valence-corrected chi connectivity index (χ1v) is 4.94. The number of fused-ring (bicyclic) bond motifs is 1. The summed E-state index contributed by atoms with van der Waals surface area (Å²) >= 11 is 0. The quantitative estimate of drug-likeness (QED) is 0.740. The molecule has 0 saturated heterocycles. The third-order valence-corrected chi connectivity index (χ3v) is 2.88. The van der Waals surface area contributed by atoms with Crippen molar-refractivity contribution in [3.05, 3.63) is 23.3 Å². The van der Waals surface area contributed by atoms with Crippen LogP contribution < -0.4 is 9.47 Å². The van der Waals surface area contributed by atoms with Crippen LogP contribution in [-0.4, -0.2) is 14.2 Å². The number of aryl methyl sites for hydroxylation is 1. The molecule has 1 aliphatic carbocycles. The number of ether oxygens (including phenoxy) is 2. The average molecular weight is 203 g/mol. The molecule has 15 heavy (non-hydrogen) atoms. The molecule has 0 saturated carbocycles. The molecule has 3 heteroatoms. The second-order valence-electron chi connectivity index (χ2n) is 3.63. The molecule has 3 nitrogen and oxygen atoms in total. The van der Waals surface area contributed by atoms with Gasteiger partial charge >= 0.3 is 0 Å². The molecular formula is C12H13NO2. The summed E-state index contributed by atoms with van der Waals surface area (Å²) in [4.78, 5) is 0. The Kier molecular flexibility index (Phi) is 2.51. The van der Waals surface area contributed by atoms with E-state index in [2.05, 4.69) is 6.07 Å². The molecule has 0 amide bonds. The van der Waals surface area contributed by atoms with Crippen LogP contribution in [0.2, 0.25) is 0 Å². The lowest BCUT2D eigenvalue weighted by Gasteiger charge is -2.10. The van der Waals surface area contributed by atoms with Gasteiger partial charge in [-0.25, -0.2) is 0 Å². The monoisotopic (exact) mass is 203 g/mol. The average Bonchev–Trinajstić information content (AvgIpc) is 2.68. The summed E-state index contributed by atoms with van der Waals surface area (Å²) in [5.41, 5.74) is 2.30. The number of nitriles is 1. The zero-order valence-corrected chi connectivity index (χ0v) is 8.91. The number of methoxy groups -OCH3 is 2. The van der Waals surface area contributed by atoms with Gasteiger partial charge < -0.3 is 9.47 Å². The van der Waals surface area contributed by atoms with Crippen LogP contribution in [0.15, 0.2) is 12.1 Å². The van der Waals surface area contributed by atoms with E-state index in [1.807, 2.05) is 12.1 Å². The zero-order valence-electron chi connectivity index (χ0n) is 8.91. The smallest absolute Gasteiger partial charge is 0.161 e. The fourth-order valence-electron chi connectivity index (χ4n) is 2.07. The van der Waals surface area contributed by atoms with Crippen molar-refractivity contribution in [3.63, 3.8) is 0 Å². The van der Waals surface area contributed by atoms with E-state index in [1.54, 1.807) is 14.2 Å². The Balaban J connectivity index is 2.50. The summed E-state index contributed by atoms with van der Waals surface area (Å²) in [6.45, 7) is 0. The molecule has 0 spiro atoms. The Hall–Kier alpha value is -1.69. The molecular weight excluding hydrogens is 190 g/mol. The van der Waals surface area contributed by atoms with Gasteiger partial charge in [-0.3, -0.25) is 0 Å². The Labute approximate surface area is 89.2 Å². The normalized spacial score (nSPS) is 18.1. The van der Waals surface area contributed by atoms with Gasteiger partial charge in [-0.15, -0.1) is 0 Å². The van der Waals surface area contributed by atoms with Gasteiger partial charge in [-0.1, -0.05) is 0 Å². The van der Waals surface area contributed by atoms with Gasteiger partial charge in [-0.05, 0) is 36.1 Å². The molecule has 0 radical (unpaired) electrons. The Bertz CT molecular complexity index is 420. The van der Waals surface area contributed by atoms with Crippen molar-refractivity contribution in [2.45, 2.75) is 18.8 Å². The van der Waals surface area contributed by atoms with Crippen molar-refractivity contribution in [2.75, 3.05) is 14.2 Å². The van der Waals surface area contributed by atoms with E-state index in [-0.39, 0.29) is 5.92 Å². The maximum Gasteiger partial charge on any atom is 0.161 e. The molecule has 2 rings (SSSR count). The molecule has 0 N–H and O–H groups in total. The molecule has 0 aliphatic heterocycles. The van der Waals surface area contributed by atoms with Crippen molar-refractivity contribution >= 4 is 0 Å². The predicted octanol–water partition coefficient (Wildman–Crippen LogP) is 2.26. The highest BCUT2D eigenvalue weighted by Crippen LogP contribution is 2.39. The molecule has 0 bridgehead atoms. The van der Waals surface area contributed by atoms with E-state index in [0.717, 1.165) is 24.2 Å². The van der Waals surface area contributed by atoms with Crippen LogP contribution in [0, 0.1) is 11.3 Å². The number of rotatable bonds is 2. The first-order valence-electron chi connectivity index (χ1n) is 4.94. The van der Waals surface area contributed by atoms with Crippen LogP contribution in [-0.2, 0) is 6.42 Å². The van der Waals surface area contributed by atoms with E-state index in [9.17, 15) is 0 Å². The van der Waals surface area contributed by atoms with E-state index in [1.165, 1.54) is 5.56 Å². The highest BCUT2D eigenvalue weighted by Gasteiger charge is 2.24. The lowest BCUT2D eigenvalue weighted by Crippen LogP contribution is -1.95. The molecule has 0 unspecified atom stereocenters. The standard InChI is InChI=1S/C12H13NO2/c1-14-11-5-8-3-4-9(7-13)10(8)6-12(11)15-2/h5-6,9H,3-4H2,1-2H3/t9-/m0/s1. The molecule has 0 fully saturated rings. The van der Waals surface area contributed by atoms with Gasteiger partial charge in [0.25, 0.3) is 0 Å². The summed E-state index contributed by atoms with van der Waals surface area (Å²) in [5, 5.41) is 8.98. The van der Waals surface area contributed by atoms with Crippen LogP contribution in [0.25, 0.3) is 0 Å². The van der Waals surface area contributed by atoms with E-state index in [4.69, 9.17) is 14.7 Å². The van der Waals surface area contributed by atoms with Gasteiger partial charge in [0, 0.05) is 0 Å². The highest BCUT2D eigenvalue weighted by molar-refractivity contribution is 5.51. The molecule has 78 valence electrons. The minimum absolute atomic E-state index is 0.0137. The number of hydrogen-bond acceptors (Lipinski definition) is 3. The second-order valence-corrected chi connectivity index (χ2v) is 3.63. The predicted molar refractivity (Wildman–Crippen MR) is 56.2 cm³/mol. The molecule has 1 aromatic carbocycles. The second kappa shape index (κ2) is 3.82. The van der Waals surface area contributed by atoms with E-state index in [0.29, 0.717) is 5.75 Å². The third kappa shape index (κ3) is 1.52. The minimum atomic E-state index is 0.0137. The minimum Gasteiger partial charge on any atom is -0.493 e. The van der Waals surface area contributed by atoms with Crippen LogP contribution in [0.1, 0.15) is 23.5 Å². The molecule has 1 aromatic rings.